The summed E-state index contributed by atoms with van der Waals surface area (Å²) in [7, 11) is -4.07. The highest BCUT2D eigenvalue weighted by molar-refractivity contribution is 7.89. The zero-order valence-corrected chi connectivity index (χ0v) is 14.2. The van der Waals surface area contributed by atoms with Crippen LogP contribution in [0.2, 0.25) is 0 Å². The van der Waals surface area contributed by atoms with Crippen LogP contribution in [0.1, 0.15) is 0 Å². The number of anilines is 1. The molecule has 3 aromatic rings. The predicted octanol–water partition coefficient (Wildman–Crippen LogP) is 1.94. The van der Waals surface area contributed by atoms with Crippen molar-refractivity contribution in [3.8, 4) is 5.82 Å². The molecular formula is C16H15F2N5O2S. The topological polar surface area (TPSA) is 88.9 Å². The van der Waals surface area contributed by atoms with Gasteiger partial charge in [0.05, 0.1) is 0 Å². The largest absolute Gasteiger partial charge is 0.367 e. The van der Waals surface area contributed by atoms with Crippen LogP contribution < -0.4 is 10.0 Å². The summed E-state index contributed by atoms with van der Waals surface area (Å²) in [5.41, 5.74) is 0. The average molecular weight is 379 g/mol. The second kappa shape index (κ2) is 7.58. The Bertz CT molecular complexity index is 976. The average Bonchev–Trinajstić information content (AvgIpc) is 3.13. The van der Waals surface area contributed by atoms with E-state index in [9.17, 15) is 17.2 Å². The summed E-state index contributed by atoms with van der Waals surface area (Å²) in [6, 6.07) is 9.48. The Morgan fingerprint density at radius 1 is 1.00 bits per heavy atom. The first-order valence-electron chi connectivity index (χ1n) is 7.61. The summed E-state index contributed by atoms with van der Waals surface area (Å²) in [6.07, 6.45) is 3.67. The molecule has 2 N–H and O–H groups in total. The lowest BCUT2D eigenvalue weighted by molar-refractivity contribution is 0.543. The SMILES string of the molecule is O=S(=O)(NCCNc1ccc(-n2cccc2)nn1)c1ccc(F)cc1F. The molecule has 0 aliphatic heterocycles. The van der Waals surface area contributed by atoms with Gasteiger partial charge in [-0.1, -0.05) is 0 Å². The summed E-state index contributed by atoms with van der Waals surface area (Å²) in [6.45, 7) is 0.194. The van der Waals surface area contributed by atoms with Crippen molar-refractivity contribution in [2.75, 3.05) is 18.4 Å². The van der Waals surface area contributed by atoms with Gasteiger partial charge in [0.1, 0.15) is 22.3 Å². The maximum absolute atomic E-state index is 13.6. The van der Waals surface area contributed by atoms with Gasteiger partial charge in [0.15, 0.2) is 5.82 Å². The first-order chi connectivity index (χ1) is 12.5. The standard InChI is InChI=1S/C16H15F2N5O2S/c17-12-3-4-14(13(18)11-12)26(24,25)20-8-7-19-15-5-6-16(22-21-15)23-9-1-2-10-23/h1-6,9-11,20H,7-8H2,(H,19,21). The van der Waals surface area contributed by atoms with Gasteiger partial charge in [0.2, 0.25) is 10.0 Å². The molecule has 0 unspecified atom stereocenters. The Morgan fingerprint density at radius 2 is 1.77 bits per heavy atom. The van der Waals surface area contributed by atoms with Gasteiger partial charge in [-0.2, -0.15) is 0 Å². The van der Waals surface area contributed by atoms with Crippen LogP contribution in [-0.2, 0) is 10.0 Å². The Balaban J connectivity index is 1.53. The number of sulfonamides is 1. The number of hydrogen-bond acceptors (Lipinski definition) is 5. The Kier molecular flexibility index (Phi) is 5.24. The molecule has 136 valence electrons. The fraction of sp³-hybridized carbons (Fsp3) is 0.125. The monoisotopic (exact) mass is 379 g/mol. The second-order valence-electron chi connectivity index (χ2n) is 5.27. The van der Waals surface area contributed by atoms with Crippen molar-refractivity contribution in [3.63, 3.8) is 0 Å². The van der Waals surface area contributed by atoms with E-state index in [-0.39, 0.29) is 13.1 Å². The molecular weight excluding hydrogens is 364 g/mol. The van der Waals surface area contributed by atoms with Crippen LogP contribution in [-0.4, -0.2) is 36.3 Å². The number of hydrogen-bond donors (Lipinski definition) is 2. The van der Waals surface area contributed by atoms with Crippen LogP contribution in [0.15, 0.2) is 59.8 Å². The predicted molar refractivity (Wildman–Crippen MR) is 91.4 cm³/mol. The van der Waals surface area contributed by atoms with Gasteiger partial charge in [-0.15, -0.1) is 10.2 Å². The molecule has 0 saturated heterocycles. The van der Waals surface area contributed by atoms with E-state index >= 15 is 0 Å². The van der Waals surface area contributed by atoms with Crippen molar-refractivity contribution >= 4 is 15.8 Å². The van der Waals surface area contributed by atoms with E-state index in [1.54, 1.807) is 16.7 Å². The summed E-state index contributed by atoms with van der Waals surface area (Å²) < 4.78 is 54.5. The van der Waals surface area contributed by atoms with Crippen molar-refractivity contribution in [2.24, 2.45) is 0 Å². The first kappa shape index (κ1) is 18.0. The van der Waals surface area contributed by atoms with Crippen molar-refractivity contribution in [1.82, 2.24) is 19.5 Å². The Labute approximate surface area is 148 Å². The first-order valence-corrected chi connectivity index (χ1v) is 9.10. The molecule has 1 aromatic carbocycles. The second-order valence-corrected chi connectivity index (χ2v) is 7.00. The molecule has 0 spiro atoms. The molecule has 2 aromatic heterocycles. The van der Waals surface area contributed by atoms with Gasteiger partial charge in [-0.25, -0.2) is 21.9 Å². The number of nitrogens with one attached hydrogen (secondary N) is 2. The van der Waals surface area contributed by atoms with Crippen LogP contribution in [0.3, 0.4) is 0 Å². The molecule has 0 fully saturated rings. The molecule has 0 amide bonds. The summed E-state index contributed by atoms with van der Waals surface area (Å²) in [4.78, 5) is -0.602. The van der Waals surface area contributed by atoms with Crippen LogP contribution in [0.25, 0.3) is 5.82 Å². The van der Waals surface area contributed by atoms with Crippen LogP contribution in [0.4, 0.5) is 14.6 Å². The van der Waals surface area contributed by atoms with Gasteiger partial charge in [-0.05, 0) is 36.4 Å². The Hall–Kier alpha value is -2.85. The minimum atomic E-state index is -4.07. The summed E-state index contributed by atoms with van der Waals surface area (Å²) in [5, 5.41) is 10.9. The number of rotatable bonds is 7. The molecule has 10 heteroatoms. The van der Waals surface area contributed by atoms with Crippen LogP contribution >= 0.6 is 0 Å². The fourth-order valence-electron chi connectivity index (χ4n) is 2.19. The van der Waals surface area contributed by atoms with Gasteiger partial charge in [-0.3, -0.25) is 0 Å². The van der Waals surface area contributed by atoms with E-state index < -0.39 is 26.6 Å². The van der Waals surface area contributed by atoms with Crippen molar-refractivity contribution in [3.05, 3.63) is 66.5 Å². The van der Waals surface area contributed by atoms with E-state index in [0.29, 0.717) is 17.7 Å². The molecule has 0 saturated carbocycles. The lowest BCUT2D eigenvalue weighted by atomic mass is 10.3. The van der Waals surface area contributed by atoms with Gasteiger partial charge in [0, 0.05) is 31.5 Å². The molecule has 0 bridgehead atoms. The lowest BCUT2D eigenvalue weighted by Crippen LogP contribution is -2.29. The molecule has 7 nitrogen and oxygen atoms in total. The highest BCUT2D eigenvalue weighted by Gasteiger charge is 2.18. The zero-order chi connectivity index (χ0) is 18.6. The smallest absolute Gasteiger partial charge is 0.243 e. The molecule has 2 heterocycles. The molecule has 26 heavy (non-hydrogen) atoms. The van der Waals surface area contributed by atoms with Crippen LogP contribution in [0, 0.1) is 11.6 Å². The van der Waals surface area contributed by atoms with Crippen molar-refractivity contribution in [2.45, 2.75) is 4.90 Å². The fourth-order valence-corrected chi connectivity index (χ4v) is 3.28. The van der Waals surface area contributed by atoms with Gasteiger partial charge >= 0.3 is 0 Å². The maximum Gasteiger partial charge on any atom is 0.243 e. The van der Waals surface area contributed by atoms with E-state index in [1.807, 2.05) is 24.5 Å². The molecule has 0 aliphatic rings. The van der Waals surface area contributed by atoms with E-state index in [1.165, 1.54) is 0 Å². The number of nitrogens with zero attached hydrogens (tertiary/aromatic N) is 3. The third kappa shape index (κ3) is 4.21. The third-order valence-corrected chi connectivity index (χ3v) is 4.92. The van der Waals surface area contributed by atoms with Crippen LogP contribution in [0.5, 0.6) is 0 Å². The minimum absolute atomic E-state index is 0.0137. The molecule has 0 atom stereocenters. The normalized spacial score (nSPS) is 11.5. The van der Waals surface area contributed by atoms with Gasteiger partial charge in [0.25, 0.3) is 0 Å². The van der Waals surface area contributed by atoms with E-state index in [4.69, 9.17) is 0 Å². The molecule has 3 rings (SSSR count). The summed E-state index contributed by atoms with van der Waals surface area (Å²) >= 11 is 0. The minimum Gasteiger partial charge on any atom is -0.367 e. The lowest BCUT2D eigenvalue weighted by Gasteiger charge is -2.09. The van der Waals surface area contributed by atoms with E-state index in [2.05, 4.69) is 20.2 Å². The Morgan fingerprint density at radius 3 is 2.42 bits per heavy atom. The third-order valence-electron chi connectivity index (χ3n) is 3.43. The number of benzene rings is 1. The van der Waals surface area contributed by atoms with Gasteiger partial charge < -0.3 is 9.88 Å². The van der Waals surface area contributed by atoms with Crippen molar-refractivity contribution in [1.29, 1.82) is 0 Å². The molecule has 0 aliphatic carbocycles. The molecule has 0 radical (unpaired) electrons. The van der Waals surface area contributed by atoms with Crippen molar-refractivity contribution < 1.29 is 17.2 Å². The zero-order valence-electron chi connectivity index (χ0n) is 13.4. The summed E-state index contributed by atoms with van der Waals surface area (Å²) in [5.74, 6) is -0.872. The maximum atomic E-state index is 13.6. The quantitative estimate of drug-likeness (QED) is 0.613. The number of halogens is 2. The highest BCUT2D eigenvalue weighted by Crippen LogP contribution is 2.15. The highest BCUT2D eigenvalue weighted by atomic mass is 32.2. The number of aromatic nitrogens is 3. The van der Waals surface area contributed by atoms with E-state index in [0.717, 1.165) is 12.1 Å².